The van der Waals surface area contributed by atoms with E-state index in [1.807, 2.05) is 13.8 Å². The molecular formula is C12H21NO3. The van der Waals surface area contributed by atoms with Crippen LogP contribution < -0.4 is 5.32 Å². The lowest BCUT2D eigenvalue weighted by Crippen LogP contribution is -2.37. The summed E-state index contributed by atoms with van der Waals surface area (Å²) >= 11 is 0. The van der Waals surface area contributed by atoms with Gasteiger partial charge in [0.05, 0.1) is 5.92 Å². The summed E-state index contributed by atoms with van der Waals surface area (Å²) in [5.74, 6) is -0.851. The molecule has 92 valence electrons. The highest BCUT2D eigenvalue weighted by Gasteiger charge is 2.31. The summed E-state index contributed by atoms with van der Waals surface area (Å²) in [4.78, 5) is 22.5. The first-order valence-electron chi connectivity index (χ1n) is 6.11. The second-order valence-electron chi connectivity index (χ2n) is 4.57. The highest BCUT2D eigenvalue weighted by molar-refractivity contribution is 5.79. The van der Waals surface area contributed by atoms with Crippen LogP contribution in [0.1, 0.15) is 46.0 Å². The van der Waals surface area contributed by atoms with Gasteiger partial charge in [-0.3, -0.25) is 9.59 Å². The third-order valence-corrected chi connectivity index (χ3v) is 3.48. The standard InChI is InChI=1S/C12H21NO3/c1-3-8(4-2)11(14)13-10-6-5-9(7-10)12(15)16/h8-10H,3-7H2,1-2H3,(H,13,14)(H,15,16)/t9-,10+/m1/s1. The van der Waals surface area contributed by atoms with E-state index in [1.54, 1.807) is 0 Å². The fourth-order valence-electron chi connectivity index (χ4n) is 2.32. The fraction of sp³-hybridized carbons (Fsp3) is 0.833. The van der Waals surface area contributed by atoms with Crippen molar-refractivity contribution in [2.24, 2.45) is 11.8 Å². The molecule has 0 unspecified atom stereocenters. The quantitative estimate of drug-likeness (QED) is 0.752. The number of amides is 1. The van der Waals surface area contributed by atoms with Crippen molar-refractivity contribution in [1.82, 2.24) is 5.32 Å². The summed E-state index contributed by atoms with van der Waals surface area (Å²) in [5, 5.41) is 11.8. The number of carbonyl (C=O) groups excluding carboxylic acids is 1. The van der Waals surface area contributed by atoms with Gasteiger partial charge in [0, 0.05) is 12.0 Å². The number of hydrogen-bond donors (Lipinski definition) is 2. The van der Waals surface area contributed by atoms with Gasteiger partial charge in [0.25, 0.3) is 0 Å². The Bertz CT molecular complexity index is 261. The first-order chi connectivity index (χ1) is 7.58. The van der Waals surface area contributed by atoms with Crippen molar-refractivity contribution in [1.29, 1.82) is 0 Å². The third-order valence-electron chi connectivity index (χ3n) is 3.48. The number of carboxylic acids is 1. The van der Waals surface area contributed by atoms with Gasteiger partial charge >= 0.3 is 5.97 Å². The maximum atomic E-state index is 11.8. The van der Waals surface area contributed by atoms with E-state index in [1.165, 1.54) is 0 Å². The highest BCUT2D eigenvalue weighted by Crippen LogP contribution is 2.26. The fourth-order valence-corrected chi connectivity index (χ4v) is 2.32. The van der Waals surface area contributed by atoms with Gasteiger partial charge in [-0.1, -0.05) is 13.8 Å². The van der Waals surface area contributed by atoms with Crippen molar-refractivity contribution in [3.8, 4) is 0 Å². The summed E-state index contributed by atoms with van der Waals surface area (Å²) in [7, 11) is 0. The van der Waals surface area contributed by atoms with E-state index in [0.717, 1.165) is 19.3 Å². The first kappa shape index (κ1) is 13.0. The van der Waals surface area contributed by atoms with Crippen molar-refractivity contribution < 1.29 is 14.7 Å². The summed E-state index contributed by atoms with van der Waals surface area (Å²) in [6, 6.07) is 0.0641. The summed E-state index contributed by atoms with van der Waals surface area (Å²) in [6.45, 7) is 4.00. The molecule has 1 aliphatic carbocycles. The average molecular weight is 227 g/mol. The molecule has 0 radical (unpaired) electrons. The van der Waals surface area contributed by atoms with Crippen molar-refractivity contribution in [2.45, 2.75) is 52.0 Å². The normalized spacial score (nSPS) is 24.7. The number of rotatable bonds is 5. The van der Waals surface area contributed by atoms with E-state index >= 15 is 0 Å². The number of carboxylic acid groups (broad SMARTS) is 1. The van der Waals surface area contributed by atoms with E-state index in [-0.39, 0.29) is 23.8 Å². The lowest BCUT2D eigenvalue weighted by Gasteiger charge is -2.17. The van der Waals surface area contributed by atoms with E-state index in [9.17, 15) is 9.59 Å². The third kappa shape index (κ3) is 3.22. The Balaban J connectivity index is 2.39. The molecule has 1 saturated carbocycles. The van der Waals surface area contributed by atoms with Crippen LogP contribution in [0.3, 0.4) is 0 Å². The summed E-state index contributed by atoms with van der Waals surface area (Å²) < 4.78 is 0. The van der Waals surface area contributed by atoms with Crippen LogP contribution in [-0.4, -0.2) is 23.0 Å². The van der Waals surface area contributed by atoms with Crippen LogP contribution in [0.25, 0.3) is 0 Å². The van der Waals surface area contributed by atoms with E-state index in [2.05, 4.69) is 5.32 Å². The van der Waals surface area contributed by atoms with Crippen LogP contribution in [-0.2, 0) is 9.59 Å². The summed E-state index contributed by atoms with van der Waals surface area (Å²) in [6.07, 6.45) is 3.75. The molecule has 0 saturated heterocycles. The van der Waals surface area contributed by atoms with Gasteiger partial charge < -0.3 is 10.4 Å². The van der Waals surface area contributed by atoms with Crippen molar-refractivity contribution in [2.75, 3.05) is 0 Å². The molecule has 4 nitrogen and oxygen atoms in total. The second kappa shape index (κ2) is 5.87. The van der Waals surface area contributed by atoms with Gasteiger partial charge in [0.1, 0.15) is 0 Å². The monoisotopic (exact) mass is 227 g/mol. The van der Waals surface area contributed by atoms with Crippen LogP contribution in [0.5, 0.6) is 0 Å². The molecule has 0 aromatic rings. The molecule has 2 N–H and O–H groups in total. The Morgan fingerprint density at radius 1 is 1.31 bits per heavy atom. The lowest BCUT2D eigenvalue weighted by atomic mass is 10.0. The van der Waals surface area contributed by atoms with Gasteiger partial charge in [-0.25, -0.2) is 0 Å². The lowest BCUT2D eigenvalue weighted by molar-refractivity contribution is -0.141. The van der Waals surface area contributed by atoms with Crippen LogP contribution in [0.15, 0.2) is 0 Å². The highest BCUT2D eigenvalue weighted by atomic mass is 16.4. The molecule has 16 heavy (non-hydrogen) atoms. The molecule has 1 amide bonds. The number of nitrogens with one attached hydrogen (secondary N) is 1. The van der Waals surface area contributed by atoms with Crippen LogP contribution in [0.4, 0.5) is 0 Å². The Labute approximate surface area is 96.4 Å². The molecule has 4 heteroatoms. The number of carbonyl (C=O) groups is 2. The predicted octanol–water partition coefficient (Wildman–Crippen LogP) is 1.79. The minimum absolute atomic E-state index is 0.0641. The summed E-state index contributed by atoms with van der Waals surface area (Å²) in [5.41, 5.74) is 0. The van der Waals surface area contributed by atoms with Gasteiger partial charge in [0.2, 0.25) is 5.91 Å². The van der Waals surface area contributed by atoms with Crippen LogP contribution in [0.2, 0.25) is 0 Å². The maximum Gasteiger partial charge on any atom is 0.306 e. The average Bonchev–Trinajstić information content (AvgIpc) is 2.68. The molecule has 1 rings (SSSR count). The van der Waals surface area contributed by atoms with Gasteiger partial charge in [-0.05, 0) is 32.1 Å². The smallest absolute Gasteiger partial charge is 0.306 e. The van der Waals surface area contributed by atoms with Crippen molar-refractivity contribution in [3.05, 3.63) is 0 Å². The minimum Gasteiger partial charge on any atom is -0.481 e. The largest absolute Gasteiger partial charge is 0.481 e. The molecule has 2 atom stereocenters. The zero-order chi connectivity index (χ0) is 12.1. The zero-order valence-corrected chi connectivity index (χ0v) is 10.0. The number of hydrogen-bond acceptors (Lipinski definition) is 2. The molecule has 0 aromatic carbocycles. The molecule has 0 spiro atoms. The molecule has 0 aromatic heterocycles. The van der Waals surface area contributed by atoms with Crippen LogP contribution >= 0.6 is 0 Å². The SMILES string of the molecule is CCC(CC)C(=O)N[C@H]1CC[C@@H](C(=O)O)C1. The van der Waals surface area contributed by atoms with Crippen molar-refractivity contribution in [3.63, 3.8) is 0 Å². The van der Waals surface area contributed by atoms with E-state index in [4.69, 9.17) is 5.11 Å². The Kier molecular flexibility index (Phi) is 4.77. The first-order valence-corrected chi connectivity index (χ1v) is 6.11. The second-order valence-corrected chi connectivity index (χ2v) is 4.57. The van der Waals surface area contributed by atoms with Crippen molar-refractivity contribution >= 4 is 11.9 Å². The number of aliphatic carboxylic acids is 1. The molecule has 0 heterocycles. The predicted molar refractivity (Wildman–Crippen MR) is 61.0 cm³/mol. The Morgan fingerprint density at radius 3 is 2.38 bits per heavy atom. The van der Waals surface area contributed by atoms with Gasteiger partial charge in [-0.2, -0.15) is 0 Å². The minimum atomic E-state index is -0.737. The molecule has 1 fully saturated rings. The zero-order valence-electron chi connectivity index (χ0n) is 10.0. The molecule has 0 aliphatic heterocycles. The topological polar surface area (TPSA) is 66.4 Å². The Hall–Kier alpha value is -1.06. The van der Waals surface area contributed by atoms with E-state index in [0.29, 0.717) is 12.8 Å². The molecule has 1 aliphatic rings. The maximum absolute atomic E-state index is 11.8. The van der Waals surface area contributed by atoms with Gasteiger partial charge in [-0.15, -0.1) is 0 Å². The molecular weight excluding hydrogens is 206 g/mol. The molecule has 0 bridgehead atoms. The van der Waals surface area contributed by atoms with Gasteiger partial charge in [0.15, 0.2) is 0 Å². The Morgan fingerprint density at radius 2 is 1.94 bits per heavy atom. The van der Waals surface area contributed by atoms with E-state index < -0.39 is 5.97 Å². The van der Waals surface area contributed by atoms with Crippen LogP contribution in [0, 0.1) is 11.8 Å².